The predicted molar refractivity (Wildman–Crippen MR) is 95.9 cm³/mol. The lowest BCUT2D eigenvalue weighted by Gasteiger charge is -2.11. The molecule has 122 valence electrons. The van der Waals surface area contributed by atoms with Crippen LogP contribution in [0.1, 0.15) is 16.7 Å². The summed E-state index contributed by atoms with van der Waals surface area (Å²) < 4.78 is 14.0. The molecule has 0 saturated heterocycles. The summed E-state index contributed by atoms with van der Waals surface area (Å²) in [5, 5.41) is 11.0. The van der Waals surface area contributed by atoms with E-state index in [9.17, 15) is 14.4 Å². The summed E-state index contributed by atoms with van der Waals surface area (Å²) in [5.74, 6) is -1.08. The highest BCUT2D eigenvalue weighted by atomic mass is 19.1. The Balaban J connectivity index is 2.22. The standard InChI is InChI=1S/C21H15FN2O/c22-20-8-4-2-6-16(20)11-15-10-9-14-5-1-3-7-18(14)19(15)12-17(13-23)21(24)25/h1-10,12H,11H2,(H2,24,25)/b17-12+. The number of carbonyl (C=O) groups excluding carboxylic acids is 1. The van der Waals surface area contributed by atoms with Crippen LogP contribution in [0.25, 0.3) is 16.8 Å². The van der Waals surface area contributed by atoms with E-state index in [1.54, 1.807) is 18.2 Å². The van der Waals surface area contributed by atoms with Crippen LogP contribution in [0.5, 0.6) is 0 Å². The highest BCUT2D eigenvalue weighted by Crippen LogP contribution is 2.27. The molecule has 3 nitrogen and oxygen atoms in total. The minimum Gasteiger partial charge on any atom is -0.365 e. The first-order valence-corrected chi connectivity index (χ1v) is 7.76. The largest absolute Gasteiger partial charge is 0.365 e. The van der Waals surface area contributed by atoms with Crippen molar-refractivity contribution >= 4 is 22.8 Å². The predicted octanol–water partition coefficient (Wildman–Crippen LogP) is 3.96. The summed E-state index contributed by atoms with van der Waals surface area (Å²) in [5.41, 5.74) is 7.21. The van der Waals surface area contributed by atoms with Gasteiger partial charge in [-0.15, -0.1) is 0 Å². The van der Waals surface area contributed by atoms with Crippen molar-refractivity contribution in [3.8, 4) is 6.07 Å². The van der Waals surface area contributed by atoms with E-state index in [1.807, 2.05) is 42.5 Å². The Morgan fingerprint density at radius 1 is 1.04 bits per heavy atom. The monoisotopic (exact) mass is 330 g/mol. The number of carbonyl (C=O) groups is 1. The number of halogens is 1. The van der Waals surface area contributed by atoms with Gasteiger partial charge in [-0.2, -0.15) is 5.26 Å². The van der Waals surface area contributed by atoms with Crippen LogP contribution in [0, 0.1) is 17.1 Å². The number of amides is 1. The molecule has 0 radical (unpaired) electrons. The van der Waals surface area contributed by atoms with Gasteiger partial charge in [-0.05, 0) is 39.6 Å². The lowest BCUT2D eigenvalue weighted by Crippen LogP contribution is -2.12. The Labute approximate surface area is 144 Å². The van der Waals surface area contributed by atoms with Crippen molar-refractivity contribution in [3.63, 3.8) is 0 Å². The molecule has 0 unspecified atom stereocenters. The van der Waals surface area contributed by atoms with Crippen LogP contribution in [0.3, 0.4) is 0 Å². The van der Waals surface area contributed by atoms with E-state index < -0.39 is 5.91 Å². The molecule has 3 rings (SSSR count). The fourth-order valence-corrected chi connectivity index (χ4v) is 2.82. The second-order valence-electron chi connectivity index (χ2n) is 5.66. The molecule has 25 heavy (non-hydrogen) atoms. The van der Waals surface area contributed by atoms with Crippen molar-refractivity contribution in [1.29, 1.82) is 5.26 Å². The first-order chi connectivity index (χ1) is 12.1. The van der Waals surface area contributed by atoms with Crippen LogP contribution >= 0.6 is 0 Å². The maximum atomic E-state index is 14.0. The van der Waals surface area contributed by atoms with Crippen molar-refractivity contribution < 1.29 is 9.18 Å². The van der Waals surface area contributed by atoms with Crippen molar-refractivity contribution in [2.24, 2.45) is 5.73 Å². The summed E-state index contributed by atoms with van der Waals surface area (Å²) in [4.78, 5) is 11.5. The van der Waals surface area contributed by atoms with Crippen LogP contribution in [-0.4, -0.2) is 5.91 Å². The fourth-order valence-electron chi connectivity index (χ4n) is 2.82. The lowest BCUT2D eigenvalue weighted by atomic mass is 9.93. The maximum Gasteiger partial charge on any atom is 0.259 e. The molecular formula is C21H15FN2O. The van der Waals surface area contributed by atoms with Gasteiger partial charge in [-0.1, -0.05) is 54.6 Å². The highest BCUT2D eigenvalue weighted by Gasteiger charge is 2.12. The zero-order chi connectivity index (χ0) is 17.8. The molecule has 0 saturated carbocycles. The molecule has 4 heteroatoms. The minimum atomic E-state index is -0.785. The number of rotatable bonds is 4. The average molecular weight is 330 g/mol. The van der Waals surface area contributed by atoms with Crippen molar-refractivity contribution in [3.05, 3.63) is 88.7 Å². The number of nitriles is 1. The SMILES string of the molecule is N#C/C(=C\c1c(Cc2ccccc2F)ccc2ccccc12)C(N)=O. The number of nitrogens with two attached hydrogens (primary N) is 1. The third-order valence-corrected chi connectivity index (χ3v) is 4.07. The third kappa shape index (κ3) is 3.41. The van der Waals surface area contributed by atoms with Gasteiger partial charge < -0.3 is 5.73 Å². The second kappa shape index (κ2) is 6.98. The van der Waals surface area contributed by atoms with Crippen molar-refractivity contribution in [2.45, 2.75) is 6.42 Å². The molecule has 3 aromatic rings. The second-order valence-corrected chi connectivity index (χ2v) is 5.66. The number of benzene rings is 3. The molecule has 0 bridgehead atoms. The molecule has 0 heterocycles. The summed E-state index contributed by atoms with van der Waals surface area (Å²) in [6, 6.07) is 19.8. The van der Waals surface area contributed by atoms with Gasteiger partial charge in [0.2, 0.25) is 0 Å². The summed E-state index contributed by atoms with van der Waals surface area (Å²) in [7, 11) is 0. The van der Waals surface area contributed by atoms with Gasteiger partial charge in [0.25, 0.3) is 5.91 Å². The molecule has 0 atom stereocenters. The number of hydrogen-bond donors (Lipinski definition) is 1. The van der Waals surface area contributed by atoms with E-state index in [4.69, 9.17) is 5.73 Å². The van der Waals surface area contributed by atoms with Gasteiger partial charge in [-0.25, -0.2) is 4.39 Å². The Morgan fingerprint density at radius 3 is 2.48 bits per heavy atom. The van der Waals surface area contributed by atoms with E-state index in [0.29, 0.717) is 17.5 Å². The van der Waals surface area contributed by atoms with E-state index in [-0.39, 0.29) is 11.4 Å². The number of hydrogen-bond acceptors (Lipinski definition) is 2. The minimum absolute atomic E-state index is 0.133. The number of nitrogens with zero attached hydrogens (tertiary/aromatic N) is 1. The fraction of sp³-hybridized carbons (Fsp3) is 0.0476. The van der Waals surface area contributed by atoms with Crippen LogP contribution in [-0.2, 0) is 11.2 Å². The smallest absolute Gasteiger partial charge is 0.259 e. The molecule has 0 aliphatic carbocycles. The maximum absolute atomic E-state index is 14.0. The van der Waals surface area contributed by atoms with Crippen LogP contribution in [0.15, 0.2) is 66.2 Å². The van der Waals surface area contributed by atoms with Crippen LogP contribution in [0.4, 0.5) is 4.39 Å². The molecule has 3 aromatic carbocycles. The zero-order valence-corrected chi connectivity index (χ0v) is 13.4. The molecular weight excluding hydrogens is 315 g/mol. The summed E-state index contributed by atoms with van der Waals surface area (Å²) in [6.07, 6.45) is 1.83. The van der Waals surface area contributed by atoms with Crippen LogP contribution in [0.2, 0.25) is 0 Å². The van der Waals surface area contributed by atoms with Gasteiger partial charge in [0.05, 0.1) is 0 Å². The zero-order valence-electron chi connectivity index (χ0n) is 13.4. The Hall–Kier alpha value is -3.45. The van der Waals surface area contributed by atoms with Gasteiger partial charge in [0.1, 0.15) is 17.5 Å². The third-order valence-electron chi connectivity index (χ3n) is 4.07. The van der Waals surface area contributed by atoms with Crippen molar-refractivity contribution in [1.82, 2.24) is 0 Å². The van der Waals surface area contributed by atoms with Gasteiger partial charge in [0.15, 0.2) is 0 Å². The van der Waals surface area contributed by atoms with Crippen molar-refractivity contribution in [2.75, 3.05) is 0 Å². The highest BCUT2D eigenvalue weighted by molar-refractivity contribution is 6.03. The molecule has 0 spiro atoms. The van der Waals surface area contributed by atoms with E-state index >= 15 is 0 Å². The summed E-state index contributed by atoms with van der Waals surface area (Å²) >= 11 is 0. The first kappa shape index (κ1) is 16.4. The topological polar surface area (TPSA) is 66.9 Å². The summed E-state index contributed by atoms with van der Waals surface area (Å²) in [6.45, 7) is 0. The lowest BCUT2D eigenvalue weighted by molar-refractivity contribution is -0.114. The van der Waals surface area contributed by atoms with E-state index in [1.165, 1.54) is 12.1 Å². The molecule has 1 amide bonds. The normalized spacial score (nSPS) is 11.3. The molecule has 0 aliphatic heterocycles. The Kier molecular flexibility index (Phi) is 4.58. The molecule has 0 aromatic heterocycles. The Morgan fingerprint density at radius 2 is 1.76 bits per heavy atom. The van der Waals surface area contributed by atoms with Gasteiger partial charge >= 0.3 is 0 Å². The first-order valence-electron chi connectivity index (χ1n) is 7.76. The number of primary amides is 1. The molecule has 0 aliphatic rings. The average Bonchev–Trinajstić information content (AvgIpc) is 2.62. The van der Waals surface area contributed by atoms with E-state index in [2.05, 4.69) is 0 Å². The van der Waals surface area contributed by atoms with Gasteiger partial charge in [0, 0.05) is 6.42 Å². The molecule has 0 fully saturated rings. The van der Waals surface area contributed by atoms with Gasteiger partial charge in [-0.3, -0.25) is 4.79 Å². The van der Waals surface area contributed by atoms with E-state index in [0.717, 1.165) is 16.3 Å². The van der Waals surface area contributed by atoms with Crippen LogP contribution < -0.4 is 5.73 Å². The Bertz CT molecular complexity index is 1030. The number of fused-ring (bicyclic) bond motifs is 1. The molecule has 2 N–H and O–H groups in total. The quantitative estimate of drug-likeness (QED) is 0.581.